The van der Waals surface area contributed by atoms with Crippen molar-refractivity contribution in [1.29, 1.82) is 0 Å². The van der Waals surface area contributed by atoms with Gasteiger partial charge in [0.05, 0.1) is 0 Å². The molecule has 7 rings (SSSR count). The van der Waals surface area contributed by atoms with Gasteiger partial charge in [0.15, 0.2) is 0 Å². The second-order valence-corrected chi connectivity index (χ2v) is 15.1. The molecular weight excluding hydrogens is 633 g/mol. The van der Waals surface area contributed by atoms with Crippen LogP contribution in [0.1, 0.15) is 47.2 Å². The zero-order chi connectivity index (χ0) is 36.9. The molecule has 0 nitrogen and oxygen atoms in total. The molecule has 0 radical (unpaired) electrons. The molecular formula is C50H49B3. The maximum absolute atomic E-state index is 2.52. The number of hydrogen-bond donors (Lipinski definition) is 0. The zero-order valence-corrected chi connectivity index (χ0v) is 32.2. The molecule has 0 aromatic heterocycles. The van der Waals surface area contributed by atoms with E-state index in [9.17, 15) is 0 Å². The van der Waals surface area contributed by atoms with Gasteiger partial charge in [0.25, 0.3) is 0 Å². The molecule has 3 heteroatoms. The molecule has 0 aliphatic carbocycles. The van der Waals surface area contributed by atoms with E-state index in [0.717, 1.165) is 12.8 Å². The lowest BCUT2D eigenvalue weighted by atomic mass is 9.30. The predicted octanol–water partition coefficient (Wildman–Crippen LogP) is 5.59. The Bertz CT molecular complexity index is 2090. The van der Waals surface area contributed by atoms with Crippen molar-refractivity contribution in [2.24, 2.45) is 0 Å². The summed E-state index contributed by atoms with van der Waals surface area (Å²) in [4.78, 5) is 0. The van der Waals surface area contributed by atoms with Crippen molar-refractivity contribution in [3.8, 4) is 0 Å². The van der Waals surface area contributed by atoms with Crippen LogP contribution in [-0.4, -0.2) is 20.1 Å². The van der Waals surface area contributed by atoms with Gasteiger partial charge in [-0.25, -0.2) is 0 Å². The number of benzene rings is 7. The van der Waals surface area contributed by atoms with Crippen molar-refractivity contribution >= 4 is 69.3 Å². The Morgan fingerprint density at radius 1 is 0.264 bits per heavy atom. The third-order valence-corrected chi connectivity index (χ3v) is 11.1. The van der Waals surface area contributed by atoms with Crippen LogP contribution in [-0.2, 0) is 12.8 Å². The monoisotopic (exact) mass is 682 g/mol. The highest BCUT2D eigenvalue weighted by Gasteiger charge is 2.30. The standard InChI is InChI=1S/C50H49B3/c1-7-40-17-29-46(30-18-40)52(44-25-13-38(5)14-26-44)49-33-48(51(42-21-9-36(3)10-22-42)43-23-11-37(4)12-24-43)34-50(35-49)53(45-27-15-39(6)16-28-45)47-31-19-41(8-2)20-32-47/h9-35H,7-8H2,1-6H3. The summed E-state index contributed by atoms with van der Waals surface area (Å²) >= 11 is 0. The third-order valence-electron chi connectivity index (χ3n) is 11.1. The van der Waals surface area contributed by atoms with Gasteiger partial charge in [0, 0.05) is 0 Å². The summed E-state index contributed by atoms with van der Waals surface area (Å²) in [6.45, 7) is 13.4. The Kier molecular flexibility index (Phi) is 11.0. The lowest BCUT2D eigenvalue weighted by Gasteiger charge is -2.24. The first-order valence-corrected chi connectivity index (χ1v) is 19.4. The van der Waals surface area contributed by atoms with Crippen LogP contribution < -0.4 is 49.2 Å². The summed E-state index contributed by atoms with van der Waals surface area (Å²) in [6, 6.07) is 62.9. The summed E-state index contributed by atoms with van der Waals surface area (Å²) in [7, 11) is 0. The van der Waals surface area contributed by atoms with Crippen LogP contribution in [0.25, 0.3) is 0 Å². The summed E-state index contributed by atoms with van der Waals surface area (Å²) in [6.07, 6.45) is 2.05. The first kappa shape index (κ1) is 36.1. The summed E-state index contributed by atoms with van der Waals surface area (Å²) in [5, 5.41) is 0. The molecule has 0 saturated heterocycles. The van der Waals surface area contributed by atoms with Gasteiger partial charge in [-0.1, -0.05) is 249 Å². The van der Waals surface area contributed by atoms with Crippen LogP contribution in [0.5, 0.6) is 0 Å². The van der Waals surface area contributed by atoms with Crippen LogP contribution in [0.4, 0.5) is 0 Å². The van der Waals surface area contributed by atoms with E-state index in [1.165, 1.54) is 82.5 Å². The van der Waals surface area contributed by atoms with E-state index >= 15 is 0 Å². The summed E-state index contributed by atoms with van der Waals surface area (Å²) < 4.78 is 0. The molecule has 258 valence electrons. The average Bonchev–Trinajstić information content (AvgIpc) is 3.19. The quantitative estimate of drug-likeness (QED) is 0.156. The van der Waals surface area contributed by atoms with Gasteiger partial charge in [0.1, 0.15) is 0 Å². The van der Waals surface area contributed by atoms with Gasteiger partial charge in [-0.05, 0) is 51.7 Å². The van der Waals surface area contributed by atoms with Gasteiger partial charge in [-0.3, -0.25) is 0 Å². The maximum Gasteiger partial charge on any atom is 0.241 e. The largest absolute Gasteiger partial charge is 0.241 e. The van der Waals surface area contributed by atoms with Crippen molar-refractivity contribution in [1.82, 2.24) is 0 Å². The van der Waals surface area contributed by atoms with Crippen molar-refractivity contribution in [3.63, 3.8) is 0 Å². The zero-order valence-electron chi connectivity index (χ0n) is 32.2. The Balaban J connectivity index is 1.53. The van der Waals surface area contributed by atoms with Crippen molar-refractivity contribution in [2.45, 2.75) is 54.4 Å². The molecule has 0 aliphatic heterocycles. The van der Waals surface area contributed by atoms with E-state index in [1.807, 2.05) is 0 Å². The number of aryl methyl sites for hydroxylation is 6. The van der Waals surface area contributed by atoms with Crippen LogP contribution in [0.15, 0.2) is 164 Å². The first-order chi connectivity index (χ1) is 25.8. The predicted molar refractivity (Wildman–Crippen MR) is 237 cm³/mol. The third kappa shape index (κ3) is 8.21. The second-order valence-electron chi connectivity index (χ2n) is 15.1. The highest BCUT2D eigenvalue weighted by Crippen LogP contribution is 2.07. The SMILES string of the molecule is CCc1ccc(B(c2ccc(C)cc2)c2cc(B(c3ccc(C)cc3)c3ccc(C)cc3)cc(B(c3ccc(C)cc3)c3ccc(CC)cc3)c2)cc1. The topological polar surface area (TPSA) is 0 Å². The molecule has 7 aromatic carbocycles. The van der Waals surface area contributed by atoms with Gasteiger partial charge in [0.2, 0.25) is 20.1 Å². The van der Waals surface area contributed by atoms with E-state index in [2.05, 4.69) is 205 Å². The van der Waals surface area contributed by atoms with Crippen LogP contribution in [0, 0.1) is 27.7 Å². The molecule has 53 heavy (non-hydrogen) atoms. The van der Waals surface area contributed by atoms with Crippen LogP contribution in [0.2, 0.25) is 0 Å². The van der Waals surface area contributed by atoms with Gasteiger partial charge in [-0.15, -0.1) is 0 Å². The average molecular weight is 682 g/mol. The summed E-state index contributed by atoms with van der Waals surface area (Å²) in [5.41, 5.74) is 19.6. The highest BCUT2D eigenvalue weighted by atomic mass is 14.1. The fourth-order valence-electron chi connectivity index (χ4n) is 7.86. The second kappa shape index (κ2) is 16.2. The minimum Gasteiger partial charge on any atom is -0.0717 e. The van der Waals surface area contributed by atoms with E-state index in [0.29, 0.717) is 0 Å². The normalized spacial score (nSPS) is 11.0. The Hall–Kier alpha value is -5.27. The fourth-order valence-corrected chi connectivity index (χ4v) is 7.86. The highest BCUT2D eigenvalue weighted by molar-refractivity contribution is 7.00. The first-order valence-electron chi connectivity index (χ1n) is 19.4. The van der Waals surface area contributed by atoms with Gasteiger partial charge < -0.3 is 0 Å². The van der Waals surface area contributed by atoms with Crippen molar-refractivity contribution in [3.05, 3.63) is 197 Å². The summed E-state index contributed by atoms with van der Waals surface area (Å²) in [5.74, 6) is 0. The number of rotatable bonds is 11. The molecule has 0 aliphatic rings. The molecule has 0 unspecified atom stereocenters. The molecule has 0 amide bonds. The maximum atomic E-state index is 2.52. The Labute approximate surface area is 319 Å². The minimum absolute atomic E-state index is 0.0668. The molecule has 0 atom stereocenters. The molecule has 0 bridgehead atoms. The lowest BCUT2D eigenvalue weighted by Crippen LogP contribution is -2.61. The van der Waals surface area contributed by atoms with E-state index in [-0.39, 0.29) is 20.1 Å². The number of hydrogen-bond acceptors (Lipinski definition) is 0. The Morgan fingerprint density at radius 3 is 0.642 bits per heavy atom. The smallest absolute Gasteiger partial charge is 0.0717 e. The molecule has 0 N–H and O–H groups in total. The fraction of sp³-hybridized carbons (Fsp3) is 0.160. The minimum atomic E-state index is 0.0668. The molecule has 0 fully saturated rings. The molecule has 0 saturated carbocycles. The van der Waals surface area contributed by atoms with Gasteiger partial charge >= 0.3 is 0 Å². The molecule has 7 aromatic rings. The molecule has 0 spiro atoms. The van der Waals surface area contributed by atoms with Gasteiger partial charge in [-0.2, -0.15) is 0 Å². The van der Waals surface area contributed by atoms with Crippen LogP contribution >= 0.6 is 0 Å². The van der Waals surface area contributed by atoms with E-state index in [4.69, 9.17) is 0 Å². The Morgan fingerprint density at radius 2 is 0.453 bits per heavy atom. The van der Waals surface area contributed by atoms with E-state index < -0.39 is 0 Å². The van der Waals surface area contributed by atoms with Crippen molar-refractivity contribution in [2.75, 3.05) is 0 Å². The van der Waals surface area contributed by atoms with Crippen LogP contribution in [0.3, 0.4) is 0 Å². The van der Waals surface area contributed by atoms with E-state index in [1.54, 1.807) is 0 Å². The molecule has 0 heterocycles. The lowest BCUT2D eigenvalue weighted by molar-refractivity contribution is 1.14. The van der Waals surface area contributed by atoms with Crippen molar-refractivity contribution < 1.29 is 0 Å².